The fraction of sp³-hybridized carbons (Fsp3) is 0.375. The molecular weight excluding hydrogens is 395 g/mol. The molecule has 4 rings (SSSR count). The van der Waals surface area contributed by atoms with E-state index in [1.165, 1.54) is 12.1 Å². The number of ether oxygens (including phenoxy) is 1. The largest absolute Gasteiger partial charge is 0.443 e. The summed E-state index contributed by atoms with van der Waals surface area (Å²) in [7, 11) is 0. The van der Waals surface area contributed by atoms with Gasteiger partial charge in [0.15, 0.2) is 0 Å². The van der Waals surface area contributed by atoms with Crippen LogP contribution in [0.5, 0.6) is 0 Å². The van der Waals surface area contributed by atoms with E-state index in [0.29, 0.717) is 24.0 Å². The summed E-state index contributed by atoms with van der Waals surface area (Å²) in [6.07, 6.45) is 1.61. The van der Waals surface area contributed by atoms with E-state index < -0.39 is 17.1 Å². The lowest BCUT2D eigenvalue weighted by Crippen LogP contribution is -2.38. The smallest absolute Gasteiger partial charge is 0.414 e. The van der Waals surface area contributed by atoms with E-state index in [-0.39, 0.29) is 5.82 Å². The predicted octanol–water partition coefficient (Wildman–Crippen LogP) is 4.97. The Balaban J connectivity index is 1.90. The van der Waals surface area contributed by atoms with Crippen molar-refractivity contribution < 1.29 is 13.9 Å². The van der Waals surface area contributed by atoms with Gasteiger partial charge in [-0.15, -0.1) is 0 Å². The van der Waals surface area contributed by atoms with E-state index in [1.807, 2.05) is 40.7 Å². The van der Waals surface area contributed by atoms with Crippen LogP contribution < -0.4 is 4.90 Å². The molecule has 1 amide bonds. The molecule has 0 radical (unpaired) electrons. The summed E-state index contributed by atoms with van der Waals surface area (Å²) in [4.78, 5) is 14.6. The minimum absolute atomic E-state index is 0.303. The number of amides is 1. The number of anilines is 1. The molecular formula is C24H25FN4O2. The van der Waals surface area contributed by atoms with E-state index >= 15 is 0 Å². The molecule has 31 heavy (non-hydrogen) atoms. The van der Waals surface area contributed by atoms with Crippen LogP contribution in [0.25, 0.3) is 5.52 Å². The van der Waals surface area contributed by atoms with Crippen molar-refractivity contribution in [1.29, 1.82) is 5.26 Å². The van der Waals surface area contributed by atoms with Crippen molar-refractivity contribution >= 4 is 17.3 Å². The fourth-order valence-corrected chi connectivity index (χ4v) is 4.15. The van der Waals surface area contributed by atoms with Crippen molar-refractivity contribution in [3.05, 3.63) is 64.7 Å². The molecule has 7 heteroatoms. The number of nitriles is 1. The van der Waals surface area contributed by atoms with Crippen molar-refractivity contribution in [3.8, 4) is 6.07 Å². The summed E-state index contributed by atoms with van der Waals surface area (Å²) in [5, 5.41) is 14.2. The van der Waals surface area contributed by atoms with E-state index in [9.17, 15) is 14.4 Å². The Morgan fingerprint density at radius 1 is 1.29 bits per heavy atom. The SMILES string of the molecule is CC(C)(C)OC(=O)N1CC(C)(C)c2c1cc(Cc1ccc(F)cc1)c1c(C#N)cnn21. The topological polar surface area (TPSA) is 70.6 Å². The first-order valence-corrected chi connectivity index (χ1v) is 10.2. The third-order valence-electron chi connectivity index (χ3n) is 5.37. The second kappa shape index (κ2) is 7.09. The van der Waals surface area contributed by atoms with Crippen LogP contribution in [0.3, 0.4) is 0 Å². The molecule has 0 fully saturated rings. The van der Waals surface area contributed by atoms with Gasteiger partial charge < -0.3 is 4.74 Å². The van der Waals surface area contributed by atoms with Crippen LogP contribution in [0.1, 0.15) is 57.0 Å². The molecule has 1 aliphatic heterocycles. The summed E-state index contributed by atoms with van der Waals surface area (Å²) < 4.78 is 20.8. The minimum Gasteiger partial charge on any atom is -0.443 e. The molecule has 0 unspecified atom stereocenters. The number of benzene rings is 1. The minimum atomic E-state index is -0.620. The van der Waals surface area contributed by atoms with Gasteiger partial charge in [0.1, 0.15) is 17.5 Å². The maximum absolute atomic E-state index is 13.4. The first-order chi connectivity index (χ1) is 14.5. The van der Waals surface area contributed by atoms with Crippen molar-refractivity contribution in [1.82, 2.24) is 9.61 Å². The number of carbonyl (C=O) groups excluding carboxylic acids is 1. The van der Waals surface area contributed by atoms with Crippen LogP contribution in [0.15, 0.2) is 36.5 Å². The van der Waals surface area contributed by atoms with Gasteiger partial charge in [0.05, 0.1) is 28.7 Å². The zero-order chi connectivity index (χ0) is 22.6. The monoisotopic (exact) mass is 420 g/mol. The number of carbonyl (C=O) groups is 1. The number of nitrogens with zero attached hydrogens (tertiary/aromatic N) is 4. The Morgan fingerprint density at radius 2 is 1.97 bits per heavy atom. The van der Waals surface area contributed by atoms with E-state index in [4.69, 9.17) is 4.74 Å². The molecule has 0 atom stereocenters. The lowest BCUT2D eigenvalue weighted by atomic mass is 9.90. The van der Waals surface area contributed by atoms with Gasteiger partial charge >= 0.3 is 6.09 Å². The number of aromatic nitrogens is 2. The van der Waals surface area contributed by atoms with Crippen molar-refractivity contribution in [2.75, 3.05) is 11.4 Å². The maximum Gasteiger partial charge on any atom is 0.414 e. The number of pyridine rings is 1. The summed E-state index contributed by atoms with van der Waals surface area (Å²) in [5.74, 6) is -0.303. The molecule has 0 bridgehead atoms. The number of hydrogen-bond donors (Lipinski definition) is 0. The van der Waals surface area contributed by atoms with Crippen molar-refractivity contribution in [2.24, 2.45) is 0 Å². The van der Waals surface area contributed by atoms with Crippen LogP contribution in [-0.4, -0.2) is 27.9 Å². The molecule has 3 heterocycles. The van der Waals surface area contributed by atoms with E-state index in [1.54, 1.807) is 27.7 Å². The Labute approximate surface area is 180 Å². The van der Waals surface area contributed by atoms with Gasteiger partial charge in [0, 0.05) is 12.0 Å². The molecule has 160 valence electrons. The second-order valence-corrected chi connectivity index (χ2v) is 9.59. The fourth-order valence-electron chi connectivity index (χ4n) is 4.15. The summed E-state index contributed by atoms with van der Waals surface area (Å²) in [6.45, 7) is 10.0. The van der Waals surface area contributed by atoms with Crippen LogP contribution in [-0.2, 0) is 16.6 Å². The standard InChI is InChI=1S/C24H25FN4O2/c1-23(2,3)31-22(30)28-14-24(4,5)21-19(28)11-16(10-15-6-8-18(25)9-7-15)20-17(12-26)13-27-29(20)21/h6-9,11,13H,10,14H2,1-5H3. The molecule has 2 aromatic heterocycles. The van der Waals surface area contributed by atoms with E-state index in [0.717, 1.165) is 22.5 Å². The number of hydrogen-bond acceptors (Lipinski definition) is 4. The van der Waals surface area contributed by atoms with Crippen molar-refractivity contribution in [2.45, 2.75) is 52.1 Å². The lowest BCUT2D eigenvalue weighted by Gasteiger charge is -2.25. The molecule has 1 aromatic carbocycles. The Morgan fingerprint density at radius 3 is 2.58 bits per heavy atom. The Bertz CT molecular complexity index is 1210. The Hall–Kier alpha value is -3.40. The summed E-state index contributed by atoms with van der Waals surface area (Å²) >= 11 is 0. The molecule has 3 aromatic rings. The quantitative estimate of drug-likeness (QED) is 0.587. The van der Waals surface area contributed by atoms with Crippen LogP contribution in [0, 0.1) is 17.1 Å². The van der Waals surface area contributed by atoms with Gasteiger partial charge in [-0.3, -0.25) is 4.90 Å². The molecule has 0 saturated heterocycles. The third kappa shape index (κ3) is 3.74. The van der Waals surface area contributed by atoms with Gasteiger partial charge in [0.2, 0.25) is 0 Å². The molecule has 0 N–H and O–H groups in total. The van der Waals surface area contributed by atoms with Crippen molar-refractivity contribution in [3.63, 3.8) is 0 Å². The van der Waals surface area contributed by atoms with Gasteiger partial charge in [-0.25, -0.2) is 13.7 Å². The van der Waals surface area contributed by atoms with Gasteiger partial charge in [0.25, 0.3) is 0 Å². The van der Waals surface area contributed by atoms with Gasteiger partial charge in [-0.2, -0.15) is 10.4 Å². The van der Waals surface area contributed by atoms with E-state index in [2.05, 4.69) is 11.2 Å². The van der Waals surface area contributed by atoms with Crippen LogP contribution in [0.2, 0.25) is 0 Å². The summed E-state index contributed by atoms with van der Waals surface area (Å²) in [6, 6.07) is 10.4. The number of rotatable bonds is 2. The van der Waals surface area contributed by atoms with Gasteiger partial charge in [-0.1, -0.05) is 26.0 Å². The molecule has 0 saturated carbocycles. The molecule has 0 spiro atoms. The highest BCUT2D eigenvalue weighted by Crippen LogP contribution is 2.43. The van der Waals surface area contributed by atoms with Gasteiger partial charge in [-0.05, 0) is 56.5 Å². The summed E-state index contributed by atoms with van der Waals surface area (Å²) in [5.41, 5.74) is 3.48. The lowest BCUT2D eigenvalue weighted by molar-refractivity contribution is 0.0579. The Kier molecular flexibility index (Phi) is 4.77. The highest BCUT2D eigenvalue weighted by molar-refractivity contribution is 5.92. The molecule has 0 aliphatic carbocycles. The van der Waals surface area contributed by atoms with Crippen LogP contribution >= 0.6 is 0 Å². The third-order valence-corrected chi connectivity index (χ3v) is 5.37. The zero-order valence-corrected chi connectivity index (χ0v) is 18.4. The highest BCUT2D eigenvalue weighted by atomic mass is 19.1. The second-order valence-electron chi connectivity index (χ2n) is 9.59. The predicted molar refractivity (Wildman–Crippen MR) is 116 cm³/mol. The van der Waals surface area contributed by atoms with Crippen LogP contribution in [0.4, 0.5) is 14.9 Å². The normalized spacial score (nSPS) is 15.1. The average molecular weight is 420 g/mol. The average Bonchev–Trinajstić information content (AvgIpc) is 3.21. The number of fused-ring (bicyclic) bond motifs is 3. The maximum atomic E-state index is 13.4. The molecule has 1 aliphatic rings. The molecule has 6 nitrogen and oxygen atoms in total. The first-order valence-electron chi connectivity index (χ1n) is 10.2. The highest BCUT2D eigenvalue weighted by Gasteiger charge is 2.43. The zero-order valence-electron chi connectivity index (χ0n) is 18.4. The first kappa shape index (κ1) is 20.9. The number of halogens is 1.